The van der Waals surface area contributed by atoms with Gasteiger partial charge in [-0.25, -0.2) is 0 Å². The van der Waals surface area contributed by atoms with E-state index in [9.17, 15) is 4.79 Å². The number of amides is 1. The molecule has 100 valence electrons. The summed E-state index contributed by atoms with van der Waals surface area (Å²) in [7, 11) is 1.85. The van der Waals surface area contributed by atoms with Crippen molar-refractivity contribution in [1.29, 1.82) is 0 Å². The Morgan fingerprint density at radius 1 is 1.32 bits per heavy atom. The molecule has 0 unspecified atom stereocenters. The van der Waals surface area contributed by atoms with Crippen LogP contribution in [0.3, 0.4) is 0 Å². The lowest BCUT2D eigenvalue weighted by Gasteiger charge is -2.05. The molecule has 0 atom stereocenters. The molecule has 5 heteroatoms. The molecule has 0 aliphatic rings. The van der Waals surface area contributed by atoms with Crippen molar-refractivity contribution in [3.8, 4) is 5.75 Å². The van der Waals surface area contributed by atoms with Crippen molar-refractivity contribution >= 4 is 5.91 Å². The Labute approximate surface area is 112 Å². The van der Waals surface area contributed by atoms with E-state index in [-0.39, 0.29) is 5.91 Å². The van der Waals surface area contributed by atoms with Gasteiger partial charge in [0, 0.05) is 18.8 Å². The fraction of sp³-hybridized carbons (Fsp3) is 0.286. The van der Waals surface area contributed by atoms with Crippen LogP contribution in [0, 0.1) is 0 Å². The number of aryl methyl sites for hydroxylation is 1. The van der Waals surface area contributed by atoms with Crippen LogP contribution in [0.4, 0.5) is 0 Å². The van der Waals surface area contributed by atoms with Gasteiger partial charge in [0.15, 0.2) is 0 Å². The Morgan fingerprint density at radius 2 is 2.05 bits per heavy atom. The third-order valence-corrected chi connectivity index (χ3v) is 2.63. The summed E-state index contributed by atoms with van der Waals surface area (Å²) in [5.74, 6) is 0.650. The lowest BCUT2D eigenvalue weighted by molar-refractivity contribution is 0.0950. The highest BCUT2D eigenvalue weighted by atomic mass is 16.5. The first kappa shape index (κ1) is 13.1. The Bertz CT molecular complexity index is 546. The molecule has 19 heavy (non-hydrogen) atoms. The molecule has 0 aliphatic carbocycles. The summed E-state index contributed by atoms with van der Waals surface area (Å²) in [5.41, 5.74) is 1.45. The molecule has 0 aliphatic heterocycles. The molecule has 0 radical (unpaired) electrons. The first-order chi connectivity index (χ1) is 9.19. The molecule has 0 saturated carbocycles. The Balaban J connectivity index is 1.92. The fourth-order valence-corrected chi connectivity index (χ4v) is 1.70. The van der Waals surface area contributed by atoms with E-state index < -0.39 is 0 Å². The van der Waals surface area contributed by atoms with Crippen molar-refractivity contribution in [2.75, 3.05) is 6.61 Å². The third-order valence-electron chi connectivity index (χ3n) is 2.63. The van der Waals surface area contributed by atoms with E-state index in [2.05, 4.69) is 10.4 Å². The van der Waals surface area contributed by atoms with E-state index in [1.54, 1.807) is 28.9 Å². The van der Waals surface area contributed by atoms with Crippen LogP contribution in [0.5, 0.6) is 5.75 Å². The number of aromatic nitrogens is 2. The van der Waals surface area contributed by atoms with Crippen LogP contribution in [-0.2, 0) is 13.6 Å². The second kappa shape index (κ2) is 6.04. The minimum atomic E-state index is -0.117. The zero-order valence-electron chi connectivity index (χ0n) is 11.1. The van der Waals surface area contributed by atoms with Gasteiger partial charge in [0.05, 0.1) is 18.8 Å². The van der Waals surface area contributed by atoms with Gasteiger partial charge in [-0.2, -0.15) is 5.10 Å². The predicted octanol–water partition coefficient (Wildman–Crippen LogP) is 1.75. The summed E-state index contributed by atoms with van der Waals surface area (Å²) in [6.45, 7) is 2.96. The molecule has 1 aromatic carbocycles. The maximum absolute atomic E-state index is 11.9. The maximum Gasteiger partial charge on any atom is 0.251 e. The minimum Gasteiger partial charge on any atom is -0.494 e. The van der Waals surface area contributed by atoms with E-state index in [1.807, 2.05) is 26.2 Å². The second-order valence-electron chi connectivity index (χ2n) is 4.12. The molecule has 1 N–H and O–H groups in total. The third kappa shape index (κ3) is 3.58. The number of carbonyl (C=O) groups is 1. The summed E-state index contributed by atoms with van der Waals surface area (Å²) in [4.78, 5) is 11.9. The van der Waals surface area contributed by atoms with Crippen molar-refractivity contribution < 1.29 is 9.53 Å². The molecule has 0 spiro atoms. The smallest absolute Gasteiger partial charge is 0.251 e. The van der Waals surface area contributed by atoms with Crippen LogP contribution < -0.4 is 10.1 Å². The van der Waals surface area contributed by atoms with Crippen LogP contribution in [0.15, 0.2) is 36.5 Å². The summed E-state index contributed by atoms with van der Waals surface area (Å²) < 4.78 is 7.03. The number of nitrogens with zero attached hydrogens (tertiary/aromatic N) is 2. The van der Waals surface area contributed by atoms with Crippen molar-refractivity contribution in [2.24, 2.45) is 7.05 Å². The van der Waals surface area contributed by atoms with Gasteiger partial charge in [-0.1, -0.05) is 0 Å². The van der Waals surface area contributed by atoms with E-state index in [0.29, 0.717) is 18.7 Å². The SMILES string of the molecule is CCOc1ccc(C(=O)NCc2ccn(C)n2)cc1. The van der Waals surface area contributed by atoms with Gasteiger partial charge in [0.1, 0.15) is 5.75 Å². The van der Waals surface area contributed by atoms with Crippen molar-refractivity contribution in [3.05, 3.63) is 47.8 Å². The van der Waals surface area contributed by atoms with Crippen LogP contribution in [0.2, 0.25) is 0 Å². The number of ether oxygens (including phenoxy) is 1. The van der Waals surface area contributed by atoms with Gasteiger partial charge in [0.25, 0.3) is 5.91 Å². The van der Waals surface area contributed by atoms with Gasteiger partial charge in [0.2, 0.25) is 0 Å². The molecule has 0 fully saturated rings. The first-order valence-electron chi connectivity index (χ1n) is 6.18. The molecule has 1 heterocycles. The molecule has 5 nitrogen and oxygen atoms in total. The zero-order chi connectivity index (χ0) is 13.7. The Hall–Kier alpha value is -2.30. The number of nitrogens with one attached hydrogen (secondary N) is 1. The normalized spacial score (nSPS) is 10.2. The lowest BCUT2D eigenvalue weighted by Crippen LogP contribution is -2.23. The predicted molar refractivity (Wildman–Crippen MR) is 72.0 cm³/mol. The van der Waals surface area contributed by atoms with Gasteiger partial charge < -0.3 is 10.1 Å². The van der Waals surface area contributed by atoms with Crippen molar-refractivity contribution in [2.45, 2.75) is 13.5 Å². The summed E-state index contributed by atoms with van der Waals surface area (Å²) in [6.07, 6.45) is 1.85. The summed E-state index contributed by atoms with van der Waals surface area (Å²) in [5, 5.41) is 7.02. The first-order valence-corrected chi connectivity index (χ1v) is 6.18. The standard InChI is InChI=1S/C14H17N3O2/c1-3-19-13-6-4-11(5-7-13)14(18)15-10-12-8-9-17(2)16-12/h4-9H,3,10H2,1-2H3,(H,15,18). The van der Waals surface area contributed by atoms with Gasteiger partial charge in [-0.3, -0.25) is 9.48 Å². The lowest BCUT2D eigenvalue weighted by atomic mass is 10.2. The monoisotopic (exact) mass is 259 g/mol. The average Bonchev–Trinajstić information content (AvgIpc) is 2.83. The van der Waals surface area contributed by atoms with Gasteiger partial charge >= 0.3 is 0 Å². The number of rotatable bonds is 5. The number of hydrogen-bond donors (Lipinski definition) is 1. The van der Waals surface area contributed by atoms with Crippen LogP contribution in [-0.4, -0.2) is 22.3 Å². The molecular formula is C14H17N3O2. The summed E-state index contributed by atoms with van der Waals surface area (Å²) >= 11 is 0. The molecular weight excluding hydrogens is 242 g/mol. The highest BCUT2D eigenvalue weighted by molar-refractivity contribution is 5.94. The Kier molecular flexibility index (Phi) is 4.18. The number of hydrogen-bond acceptors (Lipinski definition) is 3. The van der Waals surface area contributed by atoms with Gasteiger partial charge in [-0.15, -0.1) is 0 Å². The highest BCUT2D eigenvalue weighted by Gasteiger charge is 2.06. The molecule has 2 aromatic rings. The molecule has 0 saturated heterocycles. The van der Waals surface area contributed by atoms with Crippen LogP contribution in [0.25, 0.3) is 0 Å². The minimum absolute atomic E-state index is 0.117. The summed E-state index contributed by atoms with van der Waals surface area (Å²) in [6, 6.07) is 8.95. The highest BCUT2D eigenvalue weighted by Crippen LogP contribution is 2.12. The quantitative estimate of drug-likeness (QED) is 0.890. The largest absolute Gasteiger partial charge is 0.494 e. The van der Waals surface area contributed by atoms with Crippen molar-refractivity contribution in [3.63, 3.8) is 0 Å². The average molecular weight is 259 g/mol. The van der Waals surface area contributed by atoms with E-state index in [0.717, 1.165) is 11.4 Å². The topological polar surface area (TPSA) is 56.1 Å². The van der Waals surface area contributed by atoms with E-state index in [1.165, 1.54) is 0 Å². The molecule has 1 aromatic heterocycles. The van der Waals surface area contributed by atoms with E-state index >= 15 is 0 Å². The Morgan fingerprint density at radius 3 is 2.63 bits per heavy atom. The van der Waals surface area contributed by atoms with Crippen LogP contribution in [0.1, 0.15) is 23.0 Å². The number of carbonyl (C=O) groups excluding carboxylic acids is 1. The molecule has 0 bridgehead atoms. The second-order valence-corrected chi connectivity index (χ2v) is 4.12. The number of benzene rings is 1. The molecule has 1 amide bonds. The zero-order valence-corrected chi connectivity index (χ0v) is 11.1. The van der Waals surface area contributed by atoms with E-state index in [4.69, 9.17) is 4.74 Å². The fourth-order valence-electron chi connectivity index (χ4n) is 1.70. The van der Waals surface area contributed by atoms with Crippen LogP contribution >= 0.6 is 0 Å². The van der Waals surface area contributed by atoms with Gasteiger partial charge in [-0.05, 0) is 37.3 Å². The van der Waals surface area contributed by atoms with Crippen molar-refractivity contribution in [1.82, 2.24) is 15.1 Å². The maximum atomic E-state index is 11.9. The molecule has 2 rings (SSSR count).